The van der Waals surface area contributed by atoms with Gasteiger partial charge in [-0.15, -0.1) is 0 Å². The van der Waals surface area contributed by atoms with Gasteiger partial charge >= 0.3 is 0 Å². The molecule has 0 saturated heterocycles. The Kier molecular flexibility index (Phi) is 3.75. The van der Waals surface area contributed by atoms with Crippen molar-refractivity contribution in [2.75, 3.05) is 0 Å². The van der Waals surface area contributed by atoms with Crippen molar-refractivity contribution < 1.29 is 4.74 Å². The van der Waals surface area contributed by atoms with E-state index >= 15 is 0 Å². The Bertz CT molecular complexity index is 523. The molecule has 1 heterocycles. The quantitative estimate of drug-likeness (QED) is 0.860. The number of rotatable bonds is 6. The lowest BCUT2D eigenvalue weighted by Gasteiger charge is -2.07. The van der Waals surface area contributed by atoms with Gasteiger partial charge in [0.1, 0.15) is 12.4 Å². The van der Waals surface area contributed by atoms with Gasteiger partial charge in [0.2, 0.25) is 0 Å². The number of ether oxygens (including phenoxy) is 1. The van der Waals surface area contributed by atoms with Gasteiger partial charge in [0.25, 0.3) is 0 Å². The van der Waals surface area contributed by atoms with E-state index in [2.05, 4.69) is 16.4 Å². The van der Waals surface area contributed by atoms with Gasteiger partial charge in [0, 0.05) is 12.6 Å². The number of pyridine rings is 1. The molecule has 98 valence electrons. The number of benzene rings is 1. The van der Waals surface area contributed by atoms with Crippen molar-refractivity contribution in [1.82, 2.24) is 10.3 Å². The molecule has 19 heavy (non-hydrogen) atoms. The predicted octanol–water partition coefficient (Wildman–Crippen LogP) is 2.91. The van der Waals surface area contributed by atoms with E-state index in [0.717, 1.165) is 23.7 Å². The molecule has 3 rings (SSSR count). The van der Waals surface area contributed by atoms with Crippen LogP contribution in [0.1, 0.15) is 24.2 Å². The molecule has 3 heteroatoms. The summed E-state index contributed by atoms with van der Waals surface area (Å²) >= 11 is 0. The van der Waals surface area contributed by atoms with Crippen LogP contribution in [0.25, 0.3) is 0 Å². The average molecular weight is 254 g/mol. The number of para-hydroxylation sites is 1. The molecule has 0 radical (unpaired) electrons. The number of hydrogen-bond donors (Lipinski definition) is 1. The van der Waals surface area contributed by atoms with Gasteiger partial charge in [-0.3, -0.25) is 4.98 Å². The second-order valence-electron chi connectivity index (χ2n) is 4.88. The molecule has 0 amide bonds. The van der Waals surface area contributed by atoms with E-state index in [-0.39, 0.29) is 0 Å². The summed E-state index contributed by atoms with van der Waals surface area (Å²) in [5.41, 5.74) is 2.06. The van der Waals surface area contributed by atoms with Crippen LogP contribution in [0.3, 0.4) is 0 Å². The van der Waals surface area contributed by atoms with Crippen LogP contribution in [0.15, 0.2) is 48.5 Å². The van der Waals surface area contributed by atoms with Crippen LogP contribution in [-0.4, -0.2) is 11.0 Å². The fourth-order valence-electron chi connectivity index (χ4n) is 1.92. The molecule has 0 atom stereocenters. The molecule has 1 aliphatic rings. The van der Waals surface area contributed by atoms with Gasteiger partial charge < -0.3 is 10.1 Å². The topological polar surface area (TPSA) is 34.1 Å². The van der Waals surface area contributed by atoms with E-state index in [1.54, 1.807) is 0 Å². The van der Waals surface area contributed by atoms with Gasteiger partial charge in [0.05, 0.1) is 11.4 Å². The maximum atomic E-state index is 5.70. The molecular weight excluding hydrogens is 236 g/mol. The summed E-state index contributed by atoms with van der Waals surface area (Å²) in [5, 5.41) is 3.47. The number of nitrogens with one attached hydrogen (secondary N) is 1. The van der Waals surface area contributed by atoms with E-state index in [9.17, 15) is 0 Å². The lowest BCUT2D eigenvalue weighted by atomic mass is 10.3. The van der Waals surface area contributed by atoms with E-state index in [1.807, 2.05) is 42.5 Å². The van der Waals surface area contributed by atoms with Gasteiger partial charge in [-0.1, -0.05) is 24.3 Å². The van der Waals surface area contributed by atoms with Crippen LogP contribution >= 0.6 is 0 Å². The lowest BCUT2D eigenvalue weighted by molar-refractivity contribution is 0.301. The van der Waals surface area contributed by atoms with Crippen molar-refractivity contribution in [1.29, 1.82) is 0 Å². The van der Waals surface area contributed by atoms with Gasteiger partial charge in [0.15, 0.2) is 0 Å². The largest absolute Gasteiger partial charge is 0.487 e. The van der Waals surface area contributed by atoms with E-state index < -0.39 is 0 Å². The standard InChI is InChI=1S/C16H18N2O/c1-2-7-16(8-3-1)19-12-15-6-4-5-14(18-15)11-17-13-9-10-13/h1-8,13,17H,9-12H2. The van der Waals surface area contributed by atoms with Crippen LogP contribution in [0.4, 0.5) is 0 Å². The smallest absolute Gasteiger partial charge is 0.130 e. The van der Waals surface area contributed by atoms with Crippen molar-refractivity contribution in [3.05, 3.63) is 59.9 Å². The minimum atomic E-state index is 0.515. The SMILES string of the molecule is c1ccc(OCc2cccc(CNC3CC3)n2)cc1. The Morgan fingerprint density at radius 1 is 1.00 bits per heavy atom. The fourth-order valence-corrected chi connectivity index (χ4v) is 1.92. The van der Waals surface area contributed by atoms with Crippen molar-refractivity contribution in [3.63, 3.8) is 0 Å². The van der Waals surface area contributed by atoms with Crippen molar-refractivity contribution >= 4 is 0 Å². The zero-order valence-electron chi connectivity index (χ0n) is 10.9. The first-order valence-electron chi connectivity index (χ1n) is 6.76. The second-order valence-corrected chi connectivity index (χ2v) is 4.88. The third-order valence-electron chi connectivity index (χ3n) is 3.14. The summed E-state index contributed by atoms with van der Waals surface area (Å²) in [4.78, 5) is 4.60. The third-order valence-corrected chi connectivity index (χ3v) is 3.14. The van der Waals surface area contributed by atoms with Crippen molar-refractivity contribution in [2.45, 2.75) is 32.0 Å². The molecule has 1 saturated carbocycles. The number of hydrogen-bond acceptors (Lipinski definition) is 3. The van der Waals surface area contributed by atoms with Gasteiger partial charge in [-0.05, 0) is 37.1 Å². The monoisotopic (exact) mass is 254 g/mol. The lowest BCUT2D eigenvalue weighted by Crippen LogP contribution is -2.16. The first-order chi connectivity index (χ1) is 9.40. The minimum Gasteiger partial charge on any atom is -0.487 e. The normalized spacial score (nSPS) is 14.3. The first kappa shape index (κ1) is 12.2. The highest BCUT2D eigenvalue weighted by Crippen LogP contribution is 2.19. The van der Waals surface area contributed by atoms with Gasteiger partial charge in [-0.25, -0.2) is 0 Å². The van der Waals surface area contributed by atoms with E-state index in [0.29, 0.717) is 12.6 Å². The molecule has 1 aromatic heterocycles. The maximum absolute atomic E-state index is 5.70. The van der Waals surface area contributed by atoms with Crippen LogP contribution in [0.2, 0.25) is 0 Å². The zero-order chi connectivity index (χ0) is 12.9. The molecule has 0 spiro atoms. The summed E-state index contributed by atoms with van der Waals surface area (Å²) in [5.74, 6) is 0.880. The van der Waals surface area contributed by atoms with Crippen LogP contribution < -0.4 is 10.1 Å². The van der Waals surface area contributed by atoms with Crippen LogP contribution in [-0.2, 0) is 13.2 Å². The van der Waals surface area contributed by atoms with Crippen LogP contribution in [0, 0.1) is 0 Å². The summed E-state index contributed by atoms with van der Waals surface area (Å²) in [6, 6.07) is 16.7. The van der Waals surface area contributed by atoms with Gasteiger partial charge in [-0.2, -0.15) is 0 Å². The Hall–Kier alpha value is -1.87. The highest BCUT2D eigenvalue weighted by Gasteiger charge is 2.20. The third kappa shape index (κ3) is 3.80. The Labute approximate surface area is 113 Å². The predicted molar refractivity (Wildman–Crippen MR) is 74.9 cm³/mol. The summed E-state index contributed by atoms with van der Waals surface area (Å²) in [6.45, 7) is 1.37. The first-order valence-corrected chi connectivity index (χ1v) is 6.76. The molecule has 1 fully saturated rings. The highest BCUT2D eigenvalue weighted by molar-refractivity contribution is 5.21. The van der Waals surface area contributed by atoms with E-state index in [1.165, 1.54) is 12.8 Å². The molecule has 0 unspecified atom stereocenters. The molecule has 0 aliphatic heterocycles. The molecular formula is C16H18N2O. The molecule has 1 N–H and O–H groups in total. The highest BCUT2D eigenvalue weighted by atomic mass is 16.5. The van der Waals surface area contributed by atoms with Crippen molar-refractivity contribution in [3.8, 4) is 5.75 Å². The number of nitrogens with zero attached hydrogens (tertiary/aromatic N) is 1. The van der Waals surface area contributed by atoms with Crippen LogP contribution in [0.5, 0.6) is 5.75 Å². The molecule has 0 bridgehead atoms. The van der Waals surface area contributed by atoms with Crippen molar-refractivity contribution in [2.24, 2.45) is 0 Å². The maximum Gasteiger partial charge on any atom is 0.130 e. The molecule has 1 aliphatic carbocycles. The zero-order valence-corrected chi connectivity index (χ0v) is 10.9. The second kappa shape index (κ2) is 5.85. The Morgan fingerprint density at radius 2 is 1.79 bits per heavy atom. The molecule has 3 nitrogen and oxygen atoms in total. The number of aromatic nitrogens is 1. The summed E-state index contributed by atoms with van der Waals surface area (Å²) in [6.07, 6.45) is 2.60. The van der Waals surface area contributed by atoms with E-state index in [4.69, 9.17) is 4.74 Å². The molecule has 2 aromatic rings. The fraction of sp³-hybridized carbons (Fsp3) is 0.312. The Balaban J connectivity index is 1.56. The summed E-state index contributed by atoms with van der Waals surface area (Å²) < 4.78 is 5.70. The minimum absolute atomic E-state index is 0.515. The molecule has 1 aromatic carbocycles. The Morgan fingerprint density at radius 3 is 2.58 bits per heavy atom. The summed E-state index contributed by atoms with van der Waals surface area (Å²) in [7, 11) is 0. The average Bonchev–Trinajstić information content (AvgIpc) is 3.29.